The number of ether oxygens (including phenoxy) is 1. The molecule has 1 aromatic carbocycles. The lowest BCUT2D eigenvalue weighted by Gasteiger charge is -2.37. The average molecular weight is 380 g/mol. The number of benzene rings is 1. The molecule has 0 unspecified atom stereocenters. The van der Waals surface area contributed by atoms with Crippen molar-refractivity contribution in [3.8, 4) is 0 Å². The number of sulfonamides is 1. The zero-order chi connectivity index (χ0) is 19.5. The molecule has 1 N–H and O–H groups in total. The summed E-state index contributed by atoms with van der Waals surface area (Å²) >= 11 is 0. The molecule has 0 heterocycles. The summed E-state index contributed by atoms with van der Waals surface area (Å²) in [6.45, 7) is 5.32. The quantitative estimate of drug-likeness (QED) is 0.441. The van der Waals surface area contributed by atoms with Crippen molar-refractivity contribution in [1.29, 1.82) is 0 Å². The summed E-state index contributed by atoms with van der Waals surface area (Å²) in [4.78, 5) is 21.7. The van der Waals surface area contributed by atoms with Gasteiger partial charge >= 0.3 is 0 Å². The molecule has 1 aliphatic carbocycles. The molecule has 0 aliphatic heterocycles. The molecular formula is C17H20N2O6S. The molecule has 2 rings (SSSR count). The Hall–Kier alpha value is -2.36. The molecule has 0 radical (unpaired) electrons. The van der Waals surface area contributed by atoms with Crippen molar-refractivity contribution in [1.82, 2.24) is 4.72 Å². The molecule has 8 nitrogen and oxygen atoms in total. The van der Waals surface area contributed by atoms with Gasteiger partial charge in [0.15, 0.2) is 11.5 Å². The molecule has 0 amide bonds. The van der Waals surface area contributed by atoms with E-state index in [0.29, 0.717) is 17.6 Å². The summed E-state index contributed by atoms with van der Waals surface area (Å²) in [6, 6.07) is 4.73. The smallest absolute Gasteiger partial charge is 0.270 e. The normalized spacial score (nSPS) is 16.8. The number of non-ortho nitro benzene ring substituents is 1. The number of hydrogen-bond donors (Lipinski definition) is 1. The zero-order valence-corrected chi connectivity index (χ0v) is 15.5. The SMILES string of the molecule is CCCOC1(NS(=O)(=O)c2cccc([N+](=O)[O-])c2)C(C)=CC(=O)C=C1C. The first kappa shape index (κ1) is 20.0. The predicted molar refractivity (Wildman–Crippen MR) is 94.9 cm³/mol. The van der Waals surface area contributed by atoms with Crippen molar-refractivity contribution >= 4 is 21.5 Å². The van der Waals surface area contributed by atoms with Gasteiger partial charge in [-0.1, -0.05) is 13.0 Å². The van der Waals surface area contributed by atoms with Crippen molar-refractivity contribution in [2.24, 2.45) is 0 Å². The number of hydrogen-bond acceptors (Lipinski definition) is 6. The standard InChI is InChI=1S/C17H20N2O6S/c1-4-8-25-17(12(2)9-15(20)10-13(17)3)18-26(23,24)16-7-5-6-14(11-16)19(21)22/h5-7,9-11,18H,4,8H2,1-3H3. The Bertz CT molecular complexity index is 880. The lowest BCUT2D eigenvalue weighted by Crippen LogP contribution is -2.53. The summed E-state index contributed by atoms with van der Waals surface area (Å²) in [6.07, 6.45) is 3.24. The number of nitro benzene ring substituents is 1. The van der Waals surface area contributed by atoms with Gasteiger partial charge in [0.2, 0.25) is 10.0 Å². The first-order valence-electron chi connectivity index (χ1n) is 7.96. The van der Waals surface area contributed by atoms with Crippen molar-refractivity contribution < 1.29 is 22.9 Å². The second kappa shape index (κ2) is 7.48. The second-order valence-electron chi connectivity index (χ2n) is 5.95. The van der Waals surface area contributed by atoms with Gasteiger partial charge in [0.1, 0.15) is 0 Å². The number of nitrogens with zero attached hydrogens (tertiary/aromatic N) is 1. The second-order valence-corrected chi connectivity index (χ2v) is 7.63. The van der Waals surface area contributed by atoms with E-state index in [0.717, 1.165) is 6.07 Å². The van der Waals surface area contributed by atoms with Crippen LogP contribution in [-0.4, -0.2) is 31.5 Å². The minimum absolute atomic E-state index is 0.252. The Balaban J connectivity index is 2.50. The average Bonchev–Trinajstić information content (AvgIpc) is 2.57. The van der Waals surface area contributed by atoms with Crippen LogP contribution >= 0.6 is 0 Å². The maximum atomic E-state index is 12.9. The van der Waals surface area contributed by atoms with Gasteiger partial charge in [0, 0.05) is 18.7 Å². The summed E-state index contributed by atoms with van der Waals surface area (Å²) in [5.41, 5.74) is -1.06. The van der Waals surface area contributed by atoms with Crippen molar-refractivity contribution in [2.75, 3.05) is 6.61 Å². The van der Waals surface area contributed by atoms with Crippen molar-refractivity contribution in [3.05, 3.63) is 57.7 Å². The van der Waals surface area contributed by atoms with Gasteiger partial charge in [-0.15, -0.1) is 0 Å². The highest BCUT2D eigenvalue weighted by molar-refractivity contribution is 7.89. The number of carbonyl (C=O) groups excluding carboxylic acids is 1. The highest BCUT2D eigenvalue weighted by Gasteiger charge is 2.42. The van der Waals surface area contributed by atoms with E-state index in [-0.39, 0.29) is 23.0 Å². The van der Waals surface area contributed by atoms with Gasteiger partial charge in [-0.05, 0) is 49.6 Å². The third-order valence-electron chi connectivity index (χ3n) is 3.97. The Morgan fingerprint density at radius 2 is 1.85 bits per heavy atom. The molecule has 9 heteroatoms. The Labute approximate surface area is 151 Å². The molecular weight excluding hydrogens is 360 g/mol. The first-order chi connectivity index (χ1) is 12.1. The number of allylic oxidation sites excluding steroid dienone is 2. The van der Waals surface area contributed by atoms with E-state index in [1.54, 1.807) is 13.8 Å². The molecule has 1 aliphatic rings. The Morgan fingerprint density at radius 1 is 1.23 bits per heavy atom. The minimum atomic E-state index is -4.16. The predicted octanol–water partition coefficient (Wildman–Crippen LogP) is 2.47. The van der Waals surface area contributed by atoms with Crippen LogP contribution in [0.5, 0.6) is 0 Å². The third kappa shape index (κ3) is 3.90. The molecule has 140 valence electrons. The van der Waals surface area contributed by atoms with E-state index in [9.17, 15) is 23.3 Å². The molecule has 26 heavy (non-hydrogen) atoms. The molecule has 0 bridgehead atoms. The van der Waals surface area contributed by atoms with E-state index in [4.69, 9.17) is 4.74 Å². The van der Waals surface area contributed by atoms with E-state index in [1.807, 2.05) is 6.92 Å². The van der Waals surface area contributed by atoms with Crippen molar-refractivity contribution in [3.63, 3.8) is 0 Å². The van der Waals surface area contributed by atoms with Crippen LogP contribution in [0.3, 0.4) is 0 Å². The number of nitro groups is 1. The molecule has 0 atom stereocenters. The van der Waals surface area contributed by atoms with Crippen LogP contribution in [0.1, 0.15) is 27.2 Å². The first-order valence-corrected chi connectivity index (χ1v) is 9.44. The third-order valence-corrected chi connectivity index (χ3v) is 5.40. The number of rotatable bonds is 7. The minimum Gasteiger partial charge on any atom is -0.352 e. The van der Waals surface area contributed by atoms with Gasteiger partial charge in [0.25, 0.3) is 5.69 Å². The molecule has 0 spiro atoms. The fourth-order valence-corrected chi connectivity index (χ4v) is 4.08. The monoisotopic (exact) mass is 380 g/mol. The van der Waals surface area contributed by atoms with Gasteiger partial charge in [-0.3, -0.25) is 14.9 Å². The van der Waals surface area contributed by atoms with Gasteiger partial charge in [0.05, 0.1) is 9.82 Å². The topological polar surface area (TPSA) is 116 Å². The van der Waals surface area contributed by atoms with E-state index < -0.39 is 20.7 Å². The lowest BCUT2D eigenvalue weighted by atomic mass is 9.90. The number of ketones is 1. The molecule has 0 saturated carbocycles. The maximum Gasteiger partial charge on any atom is 0.270 e. The van der Waals surface area contributed by atoms with Crippen LogP contribution in [0.4, 0.5) is 5.69 Å². The highest BCUT2D eigenvalue weighted by Crippen LogP contribution is 2.33. The van der Waals surface area contributed by atoms with Crippen LogP contribution in [0, 0.1) is 10.1 Å². The maximum absolute atomic E-state index is 12.9. The molecule has 0 aromatic heterocycles. The Morgan fingerprint density at radius 3 is 2.38 bits per heavy atom. The summed E-state index contributed by atoms with van der Waals surface area (Å²) in [5, 5.41) is 10.9. The van der Waals surface area contributed by atoms with Gasteiger partial charge in [-0.2, -0.15) is 4.72 Å². The van der Waals surface area contributed by atoms with Crippen LogP contribution in [0.25, 0.3) is 0 Å². The van der Waals surface area contributed by atoms with Gasteiger partial charge < -0.3 is 4.74 Å². The fourth-order valence-electron chi connectivity index (χ4n) is 2.67. The van der Waals surface area contributed by atoms with Crippen LogP contribution < -0.4 is 4.72 Å². The van der Waals surface area contributed by atoms with E-state index in [2.05, 4.69) is 4.72 Å². The molecule has 1 aromatic rings. The fraction of sp³-hybridized carbons (Fsp3) is 0.353. The van der Waals surface area contributed by atoms with Gasteiger partial charge in [-0.25, -0.2) is 8.42 Å². The molecule has 0 saturated heterocycles. The zero-order valence-electron chi connectivity index (χ0n) is 14.7. The number of nitrogens with one attached hydrogen (secondary N) is 1. The summed E-state index contributed by atoms with van der Waals surface area (Å²) in [5.74, 6) is -0.259. The van der Waals surface area contributed by atoms with Crippen LogP contribution in [0.15, 0.2) is 52.5 Å². The van der Waals surface area contributed by atoms with E-state index in [1.165, 1.54) is 30.4 Å². The lowest BCUT2D eigenvalue weighted by molar-refractivity contribution is -0.385. The van der Waals surface area contributed by atoms with Crippen LogP contribution in [-0.2, 0) is 19.6 Å². The summed E-state index contributed by atoms with van der Waals surface area (Å²) < 4.78 is 34.0. The van der Waals surface area contributed by atoms with Crippen molar-refractivity contribution in [2.45, 2.75) is 37.8 Å². The summed E-state index contributed by atoms with van der Waals surface area (Å²) in [7, 11) is -4.16. The number of carbonyl (C=O) groups is 1. The highest BCUT2D eigenvalue weighted by atomic mass is 32.2. The van der Waals surface area contributed by atoms with Crippen LogP contribution in [0.2, 0.25) is 0 Å². The van der Waals surface area contributed by atoms with E-state index >= 15 is 0 Å². The largest absolute Gasteiger partial charge is 0.352 e. The molecule has 0 fully saturated rings. The Kier molecular flexibility index (Phi) is 5.74.